The molecule has 0 amide bonds. The summed E-state index contributed by atoms with van der Waals surface area (Å²) in [7, 11) is 0. The van der Waals surface area contributed by atoms with Crippen LogP contribution in [0.15, 0.2) is 24.3 Å². The van der Waals surface area contributed by atoms with Crippen LogP contribution >= 0.6 is 11.6 Å². The van der Waals surface area contributed by atoms with Crippen LogP contribution in [0.3, 0.4) is 0 Å². The van der Waals surface area contributed by atoms with E-state index in [1.807, 2.05) is 0 Å². The highest BCUT2D eigenvalue weighted by atomic mass is 35.5. The Kier molecular flexibility index (Phi) is 1.84. The van der Waals surface area contributed by atoms with Crippen LogP contribution in [-0.2, 0) is 0 Å². The molecular formula is C11H15Cl. The van der Waals surface area contributed by atoms with Gasteiger partial charge < -0.3 is 0 Å². The molecule has 0 N–H and O–H groups in total. The van der Waals surface area contributed by atoms with Gasteiger partial charge in [0.25, 0.3) is 0 Å². The Bertz CT molecular complexity index is 241. The summed E-state index contributed by atoms with van der Waals surface area (Å²) in [5.41, 5.74) is 1.57. The second-order valence-corrected chi connectivity index (χ2v) is 4.54. The molecule has 3 unspecified atom stereocenters. The molecule has 1 heteroatoms. The number of fused-ring (bicyclic) bond motifs is 2. The van der Waals surface area contributed by atoms with Gasteiger partial charge in [0, 0.05) is 11.3 Å². The Hall–Kier alpha value is -0.230. The lowest BCUT2D eigenvalue weighted by molar-refractivity contribution is 0.365. The maximum Gasteiger partial charge on any atom is 0.0263 e. The van der Waals surface area contributed by atoms with Gasteiger partial charge in [0.15, 0.2) is 0 Å². The molecule has 2 aliphatic carbocycles. The van der Waals surface area contributed by atoms with Crippen molar-refractivity contribution in [3.8, 4) is 0 Å². The molecule has 1 fully saturated rings. The summed E-state index contributed by atoms with van der Waals surface area (Å²) in [6, 6.07) is 0. The first kappa shape index (κ1) is 8.37. The number of hydrogen-bond acceptors (Lipinski definition) is 0. The van der Waals surface area contributed by atoms with Gasteiger partial charge in [0.2, 0.25) is 0 Å². The molecule has 66 valence electrons. The van der Waals surface area contributed by atoms with Gasteiger partial charge in [-0.3, -0.25) is 0 Å². The minimum atomic E-state index is 0.270. The number of rotatable bonds is 2. The Morgan fingerprint density at radius 2 is 2.50 bits per heavy atom. The van der Waals surface area contributed by atoms with Gasteiger partial charge in [-0.2, -0.15) is 0 Å². The van der Waals surface area contributed by atoms with E-state index in [4.69, 9.17) is 11.6 Å². The van der Waals surface area contributed by atoms with Crippen LogP contribution in [0.4, 0.5) is 0 Å². The molecule has 12 heavy (non-hydrogen) atoms. The third kappa shape index (κ3) is 0.908. The van der Waals surface area contributed by atoms with Crippen LogP contribution in [0.25, 0.3) is 0 Å². The monoisotopic (exact) mass is 182 g/mol. The summed E-state index contributed by atoms with van der Waals surface area (Å²) in [4.78, 5) is 0. The van der Waals surface area contributed by atoms with E-state index in [1.165, 1.54) is 18.4 Å². The minimum Gasteiger partial charge on any atom is -0.126 e. The Morgan fingerprint density at radius 1 is 1.75 bits per heavy atom. The van der Waals surface area contributed by atoms with Crippen molar-refractivity contribution < 1.29 is 0 Å². The third-order valence-electron chi connectivity index (χ3n) is 3.56. The zero-order valence-corrected chi connectivity index (χ0v) is 8.27. The van der Waals surface area contributed by atoms with Crippen molar-refractivity contribution >= 4 is 11.6 Å². The van der Waals surface area contributed by atoms with Gasteiger partial charge in [-0.05, 0) is 31.6 Å². The minimum absolute atomic E-state index is 0.270. The molecule has 1 saturated carbocycles. The first-order chi connectivity index (χ1) is 5.69. The van der Waals surface area contributed by atoms with Crippen LogP contribution in [-0.4, -0.2) is 5.88 Å². The average molecular weight is 183 g/mol. The largest absolute Gasteiger partial charge is 0.126 e. The fraction of sp³-hybridized carbons (Fsp3) is 0.636. The van der Waals surface area contributed by atoms with Gasteiger partial charge in [0.05, 0.1) is 0 Å². The predicted molar refractivity (Wildman–Crippen MR) is 53.3 cm³/mol. The molecule has 2 bridgehead atoms. The molecule has 0 aliphatic heterocycles. The fourth-order valence-corrected chi connectivity index (χ4v) is 3.19. The molecular weight excluding hydrogens is 168 g/mol. The van der Waals surface area contributed by atoms with Crippen molar-refractivity contribution in [3.63, 3.8) is 0 Å². The van der Waals surface area contributed by atoms with E-state index in [-0.39, 0.29) is 5.41 Å². The molecule has 0 spiro atoms. The number of halogens is 1. The first-order valence-electron chi connectivity index (χ1n) is 4.60. The van der Waals surface area contributed by atoms with Gasteiger partial charge in [-0.15, -0.1) is 11.6 Å². The van der Waals surface area contributed by atoms with E-state index in [0.29, 0.717) is 5.92 Å². The quantitative estimate of drug-likeness (QED) is 0.454. The molecule has 0 heterocycles. The number of alkyl halides is 1. The van der Waals surface area contributed by atoms with Crippen molar-refractivity contribution in [1.29, 1.82) is 0 Å². The lowest BCUT2D eigenvalue weighted by Gasteiger charge is -2.31. The average Bonchev–Trinajstić information content (AvgIpc) is 2.60. The van der Waals surface area contributed by atoms with Crippen molar-refractivity contribution in [1.82, 2.24) is 0 Å². The highest BCUT2D eigenvalue weighted by Gasteiger charge is 2.48. The van der Waals surface area contributed by atoms with E-state index < -0.39 is 0 Å². The molecule has 0 aromatic carbocycles. The maximum absolute atomic E-state index is 5.96. The van der Waals surface area contributed by atoms with Gasteiger partial charge in [-0.1, -0.05) is 24.3 Å². The van der Waals surface area contributed by atoms with Crippen molar-refractivity contribution in [2.24, 2.45) is 17.3 Å². The standard InChI is InChI=1S/C11H15Cl/c1-8(2)11-4-3-9(6-11)5-10(11)7-12/h3-4,9-10H,1,5-7H2,2H3. The summed E-state index contributed by atoms with van der Waals surface area (Å²) in [6.07, 6.45) is 7.22. The summed E-state index contributed by atoms with van der Waals surface area (Å²) in [5.74, 6) is 2.21. The van der Waals surface area contributed by atoms with Crippen LogP contribution in [0.1, 0.15) is 19.8 Å². The molecule has 3 atom stereocenters. The maximum atomic E-state index is 5.96. The van der Waals surface area contributed by atoms with Gasteiger partial charge in [-0.25, -0.2) is 0 Å². The SMILES string of the molecule is C=C(C)C12C=CC(CC1CCl)C2. The summed E-state index contributed by atoms with van der Waals surface area (Å²) >= 11 is 5.96. The van der Waals surface area contributed by atoms with E-state index in [9.17, 15) is 0 Å². The smallest absolute Gasteiger partial charge is 0.0263 e. The first-order valence-corrected chi connectivity index (χ1v) is 5.14. The fourth-order valence-electron chi connectivity index (χ4n) is 2.78. The highest BCUT2D eigenvalue weighted by Crippen LogP contribution is 2.56. The van der Waals surface area contributed by atoms with Crippen molar-refractivity contribution in [2.45, 2.75) is 19.8 Å². The van der Waals surface area contributed by atoms with Crippen LogP contribution < -0.4 is 0 Å². The Labute approximate surface area is 79.3 Å². The third-order valence-corrected chi connectivity index (χ3v) is 3.93. The second-order valence-electron chi connectivity index (χ2n) is 4.23. The second kappa shape index (κ2) is 2.63. The normalized spacial score (nSPS) is 43.8. The van der Waals surface area contributed by atoms with Gasteiger partial charge in [0.1, 0.15) is 0 Å². The van der Waals surface area contributed by atoms with Gasteiger partial charge >= 0.3 is 0 Å². The summed E-state index contributed by atoms with van der Waals surface area (Å²) in [5, 5.41) is 0. The molecule has 2 aliphatic rings. The predicted octanol–water partition coefficient (Wildman–Crippen LogP) is 3.38. The van der Waals surface area contributed by atoms with Crippen molar-refractivity contribution in [3.05, 3.63) is 24.3 Å². The molecule has 0 aromatic rings. The summed E-state index contributed by atoms with van der Waals surface area (Å²) < 4.78 is 0. The lowest BCUT2D eigenvalue weighted by atomic mass is 9.74. The summed E-state index contributed by atoms with van der Waals surface area (Å²) in [6.45, 7) is 6.23. The number of allylic oxidation sites excluding steroid dienone is 3. The van der Waals surface area contributed by atoms with Crippen LogP contribution in [0.5, 0.6) is 0 Å². The van der Waals surface area contributed by atoms with E-state index in [0.717, 1.165) is 11.8 Å². The Balaban J connectivity index is 2.33. The molecule has 2 rings (SSSR count). The zero-order valence-electron chi connectivity index (χ0n) is 7.52. The molecule has 0 saturated heterocycles. The van der Waals surface area contributed by atoms with E-state index in [1.54, 1.807) is 0 Å². The van der Waals surface area contributed by atoms with Crippen LogP contribution in [0, 0.1) is 17.3 Å². The zero-order chi connectivity index (χ0) is 8.77. The topological polar surface area (TPSA) is 0 Å². The highest BCUT2D eigenvalue weighted by molar-refractivity contribution is 6.18. The molecule has 0 radical (unpaired) electrons. The van der Waals surface area contributed by atoms with Crippen molar-refractivity contribution in [2.75, 3.05) is 5.88 Å². The van der Waals surface area contributed by atoms with E-state index in [2.05, 4.69) is 25.7 Å². The Morgan fingerprint density at radius 3 is 2.92 bits per heavy atom. The van der Waals surface area contributed by atoms with E-state index >= 15 is 0 Å². The number of hydrogen-bond donors (Lipinski definition) is 0. The lowest BCUT2D eigenvalue weighted by Crippen LogP contribution is -2.25. The molecule has 0 nitrogen and oxygen atoms in total. The van der Waals surface area contributed by atoms with Crippen LogP contribution in [0.2, 0.25) is 0 Å². The molecule has 0 aromatic heterocycles.